The number of nitrogens with one attached hydrogen (secondary N) is 1. The molecular formula is C27H31ClN4S. The molecule has 2 aromatic heterocycles. The van der Waals surface area contributed by atoms with Crippen molar-refractivity contribution in [2.45, 2.75) is 71.0 Å². The van der Waals surface area contributed by atoms with Gasteiger partial charge < -0.3 is 14.8 Å². The van der Waals surface area contributed by atoms with E-state index in [0.717, 1.165) is 27.1 Å². The number of hydrogen-bond donors (Lipinski definition) is 1. The number of rotatable bonds is 4. The predicted octanol–water partition coefficient (Wildman–Crippen LogP) is 6.76. The summed E-state index contributed by atoms with van der Waals surface area (Å²) in [7, 11) is 0. The van der Waals surface area contributed by atoms with Crippen LogP contribution in [0.25, 0.3) is 5.69 Å². The Hall–Kier alpha value is -2.37. The van der Waals surface area contributed by atoms with Crippen LogP contribution in [0, 0.1) is 20.8 Å². The maximum atomic E-state index is 6.49. The van der Waals surface area contributed by atoms with Gasteiger partial charge in [0.15, 0.2) is 5.11 Å². The van der Waals surface area contributed by atoms with E-state index in [-0.39, 0.29) is 12.1 Å². The molecule has 33 heavy (non-hydrogen) atoms. The molecule has 3 heterocycles. The molecule has 1 N–H and O–H groups in total. The fourth-order valence-corrected chi connectivity index (χ4v) is 6.31. The summed E-state index contributed by atoms with van der Waals surface area (Å²) >= 11 is 12.4. The smallest absolute Gasteiger partial charge is 0.170 e. The summed E-state index contributed by atoms with van der Waals surface area (Å²) in [4.78, 5) is 7.21. The lowest BCUT2D eigenvalue weighted by Gasteiger charge is -2.37. The summed E-state index contributed by atoms with van der Waals surface area (Å²) in [5.74, 6) is 0. The lowest BCUT2D eigenvalue weighted by atomic mass is 9.90. The van der Waals surface area contributed by atoms with Crippen LogP contribution in [0.1, 0.15) is 72.4 Å². The number of aryl methyl sites for hydroxylation is 1. The van der Waals surface area contributed by atoms with Crippen LogP contribution in [0.5, 0.6) is 0 Å². The van der Waals surface area contributed by atoms with Crippen LogP contribution >= 0.6 is 23.8 Å². The normalized spacial score (nSPS) is 21.5. The van der Waals surface area contributed by atoms with E-state index in [4.69, 9.17) is 28.8 Å². The van der Waals surface area contributed by atoms with Crippen LogP contribution in [-0.2, 0) is 0 Å². The van der Waals surface area contributed by atoms with E-state index in [1.54, 1.807) is 0 Å². The number of thiocarbonyl (C=S) groups is 1. The van der Waals surface area contributed by atoms with E-state index in [2.05, 4.69) is 59.8 Å². The number of hydrogen-bond acceptors (Lipinski definition) is 2. The molecule has 0 unspecified atom stereocenters. The SMILES string of the molecule is Cc1c(Cl)cccc1-n1c(C)cc([C@H]2[C@H](c3ccccn3)NC(=S)N2C2CCCCC2)c1C. The highest BCUT2D eigenvalue weighted by Gasteiger charge is 2.44. The standard InChI is InChI=1S/C27H31ClN4S/c1-17-16-21(19(3)31(17)24-14-9-12-22(28)18(24)2)26-25(23-13-7-8-15-29-23)30-27(33)32(26)20-10-5-4-6-11-20/h7-9,12-16,20,25-26H,4-6,10-11H2,1-3H3,(H,30,33)/t25-,26-/m0/s1. The van der Waals surface area contributed by atoms with Crippen LogP contribution in [0.15, 0.2) is 48.7 Å². The Labute approximate surface area is 207 Å². The second-order valence-electron chi connectivity index (χ2n) is 9.37. The highest BCUT2D eigenvalue weighted by Crippen LogP contribution is 2.44. The van der Waals surface area contributed by atoms with Gasteiger partial charge in [0.05, 0.1) is 17.8 Å². The summed E-state index contributed by atoms with van der Waals surface area (Å²) in [6.45, 7) is 6.49. The molecule has 2 fully saturated rings. The summed E-state index contributed by atoms with van der Waals surface area (Å²) in [6, 6.07) is 15.2. The third-order valence-electron chi connectivity index (χ3n) is 7.37. The van der Waals surface area contributed by atoms with Gasteiger partial charge in [-0.3, -0.25) is 4.98 Å². The zero-order valence-electron chi connectivity index (χ0n) is 19.5. The Kier molecular flexibility index (Phi) is 6.19. The largest absolute Gasteiger partial charge is 0.352 e. The molecule has 6 heteroatoms. The molecule has 0 amide bonds. The molecule has 0 bridgehead atoms. The van der Waals surface area contributed by atoms with Gasteiger partial charge in [0.25, 0.3) is 0 Å². The average Bonchev–Trinajstić information content (AvgIpc) is 3.32. The minimum Gasteiger partial charge on any atom is -0.352 e. The average molecular weight is 479 g/mol. The molecule has 4 nitrogen and oxygen atoms in total. The Morgan fingerprint density at radius 2 is 1.82 bits per heavy atom. The molecule has 1 aromatic carbocycles. The maximum Gasteiger partial charge on any atom is 0.170 e. The second kappa shape index (κ2) is 9.11. The Bertz CT molecular complexity index is 1170. The number of aromatic nitrogens is 2. The zero-order valence-corrected chi connectivity index (χ0v) is 21.1. The van der Waals surface area contributed by atoms with Gasteiger partial charge in [-0.05, 0) is 87.3 Å². The Balaban J connectivity index is 1.65. The first-order chi connectivity index (χ1) is 16.0. The van der Waals surface area contributed by atoms with E-state index in [0.29, 0.717) is 6.04 Å². The monoisotopic (exact) mass is 478 g/mol. The minimum absolute atomic E-state index is 0.0232. The van der Waals surface area contributed by atoms with E-state index < -0.39 is 0 Å². The van der Waals surface area contributed by atoms with Gasteiger partial charge in [0.2, 0.25) is 0 Å². The number of halogens is 1. The summed E-state index contributed by atoms with van der Waals surface area (Å²) < 4.78 is 2.34. The third-order valence-corrected chi connectivity index (χ3v) is 8.11. The van der Waals surface area contributed by atoms with Gasteiger partial charge in [0.1, 0.15) is 0 Å². The van der Waals surface area contributed by atoms with Crippen molar-refractivity contribution in [1.82, 2.24) is 19.8 Å². The van der Waals surface area contributed by atoms with E-state index in [1.165, 1.54) is 49.1 Å². The molecule has 1 aliphatic carbocycles. The highest BCUT2D eigenvalue weighted by molar-refractivity contribution is 7.80. The van der Waals surface area contributed by atoms with Crippen molar-refractivity contribution in [1.29, 1.82) is 0 Å². The van der Waals surface area contributed by atoms with E-state index >= 15 is 0 Å². The first kappa shape index (κ1) is 22.4. The van der Waals surface area contributed by atoms with Crippen LogP contribution < -0.4 is 5.32 Å². The van der Waals surface area contributed by atoms with Gasteiger partial charge >= 0.3 is 0 Å². The van der Waals surface area contributed by atoms with Gasteiger partial charge in [-0.15, -0.1) is 0 Å². The Morgan fingerprint density at radius 1 is 1.03 bits per heavy atom. The molecular weight excluding hydrogens is 448 g/mol. The molecule has 2 aliphatic rings. The molecule has 1 saturated carbocycles. The van der Waals surface area contributed by atoms with Gasteiger partial charge in [-0.2, -0.15) is 0 Å². The number of nitrogens with zero attached hydrogens (tertiary/aromatic N) is 3. The van der Waals surface area contributed by atoms with Crippen LogP contribution in [-0.4, -0.2) is 25.6 Å². The lowest BCUT2D eigenvalue weighted by molar-refractivity contribution is 0.197. The van der Waals surface area contributed by atoms with Gasteiger partial charge in [0, 0.05) is 34.3 Å². The Morgan fingerprint density at radius 3 is 2.55 bits per heavy atom. The van der Waals surface area contributed by atoms with Crippen molar-refractivity contribution in [3.63, 3.8) is 0 Å². The fraction of sp³-hybridized carbons (Fsp3) is 0.407. The minimum atomic E-state index is 0.0232. The quantitative estimate of drug-likeness (QED) is 0.420. The van der Waals surface area contributed by atoms with Crippen molar-refractivity contribution in [2.24, 2.45) is 0 Å². The van der Waals surface area contributed by atoms with Gasteiger partial charge in [-0.1, -0.05) is 43.0 Å². The molecule has 2 atom stereocenters. The highest BCUT2D eigenvalue weighted by atomic mass is 35.5. The molecule has 1 aliphatic heterocycles. The maximum absolute atomic E-state index is 6.49. The molecule has 5 rings (SSSR count). The topological polar surface area (TPSA) is 33.1 Å². The summed E-state index contributed by atoms with van der Waals surface area (Å²) in [6.07, 6.45) is 8.12. The second-order valence-corrected chi connectivity index (χ2v) is 10.2. The number of pyridine rings is 1. The van der Waals surface area contributed by atoms with Crippen molar-refractivity contribution in [3.8, 4) is 5.69 Å². The van der Waals surface area contributed by atoms with Crippen molar-refractivity contribution in [3.05, 3.63) is 81.9 Å². The molecule has 3 aromatic rings. The third kappa shape index (κ3) is 3.95. The predicted molar refractivity (Wildman–Crippen MR) is 139 cm³/mol. The molecule has 0 radical (unpaired) electrons. The fourth-order valence-electron chi connectivity index (χ4n) is 5.75. The zero-order chi connectivity index (χ0) is 23.1. The van der Waals surface area contributed by atoms with Crippen molar-refractivity contribution < 1.29 is 0 Å². The van der Waals surface area contributed by atoms with E-state index in [1.807, 2.05) is 24.4 Å². The van der Waals surface area contributed by atoms with Crippen molar-refractivity contribution in [2.75, 3.05) is 0 Å². The molecule has 172 valence electrons. The summed E-state index contributed by atoms with van der Waals surface area (Å²) in [5, 5.41) is 5.29. The molecule has 1 saturated heterocycles. The molecule has 0 spiro atoms. The number of benzene rings is 1. The lowest BCUT2D eigenvalue weighted by Crippen LogP contribution is -2.40. The van der Waals surface area contributed by atoms with Crippen LogP contribution in [0.3, 0.4) is 0 Å². The first-order valence-corrected chi connectivity index (χ1v) is 12.7. The summed E-state index contributed by atoms with van der Waals surface area (Å²) in [5.41, 5.74) is 7.01. The van der Waals surface area contributed by atoms with Crippen LogP contribution in [0.4, 0.5) is 0 Å². The van der Waals surface area contributed by atoms with Crippen molar-refractivity contribution >= 4 is 28.9 Å². The van der Waals surface area contributed by atoms with Gasteiger partial charge in [-0.25, -0.2) is 0 Å². The van der Waals surface area contributed by atoms with Crippen LogP contribution in [0.2, 0.25) is 5.02 Å². The van der Waals surface area contributed by atoms with E-state index in [9.17, 15) is 0 Å². The first-order valence-electron chi connectivity index (χ1n) is 11.9.